The first-order chi connectivity index (χ1) is 8.81. The van der Waals surface area contributed by atoms with Crippen LogP contribution >= 0.6 is 0 Å². The van der Waals surface area contributed by atoms with Crippen LogP contribution in [-0.2, 0) is 0 Å². The number of nitrogens with zero attached hydrogens (tertiary/aromatic N) is 3. The summed E-state index contributed by atoms with van der Waals surface area (Å²) in [6, 6.07) is 3.70. The van der Waals surface area contributed by atoms with E-state index in [0.717, 1.165) is 5.69 Å². The lowest BCUT2D eigenvalue weighted by Crippen LogP contribution is -1.99. The van der Waals surface area contributed by atoms with Gasteiger partial charge in [0.05, 0.1) is 18.2 Å². The van der Waals surface area contributed by atoms with Gasteiger partial charge < -0.3 is 4.42 Å². The Hall–Kier alpha value is -1.58. The number of unbranched alkanes of at least 4 members (excludes halogenated alkanes) is 3. The molecule has 2 aromatic rings. The second kappa shape index (κ2) is 6.38. The van der Waals surface area contributed by atoms with Gasteiger partial charge >= 0.3 is 0 Å². The minimum absolute atomic E-state index is 0.463. The molecular formula is C14H21N3O. The van der Waals surface area contributed by atoms with Crippen molar-refractivity contribution in [2.45, 2.75) is 51.9 Å². The summed E-state index contributed by atoms with van der Waals surface area (Å²) in [7, 11) is 0. The van der Waals surface area contributed by atoms with Crippen molar-refractivity contribution in [1.29, 1.82) is 0 Å². The highest BCUT2D eigenvalue weighted by Crippen LogP contribution is 2.20. The van der Waals surface area contributed by atoms with Crippen molar-refractivity contribution in [3.8, 4) is 5.88 Å². The molecular weight excluding hydrogens is 226 g/mol. The molecule has 0 amide bonds. The summed E-state index contributed by atoms with van der Waals surface area (Å²) in [5.41, 5.74) is 1.04. The molecule has 98 valence electrons. The van der Waals surface area contributed by atoms with Crippen molar-refractivity contribution in [2.24, 2.45) is 0 Å². The van der Waals surface area contributed by atoms with Gasteiger partial charge in [-0.2, -0.15) is 10.2 Å². The normalized spacial score (nSPS) is 12.8. The molecule has 0 saturated heterocycles. The molecule has 18 heavy (non-hydrogen) atoms. The Morgan fingerprint density at radius 1 is 1.33 bits per heavy atom. The number of aromatic nitrogens is 3. The Balaban J connectivity index is 1.89. The quantitative estimate of drug-likeness (QED) is 0.696. The van der Waals surface area contributed by atoms with Gasteiger partial charge in [0.15, 0.2) is 0 Å². The summed E-state index contributed by atoms with van der Waals surface area (Å²) in [5.74, 6) is 1.13. The zero-order chi connectivity index (χ0) is 12.8. The number of hydrogen-bond donors (Lipinski definition) is 0. The molecule has 4 heteroatoms. The SMILES string of the molecule is CCCCCCC(C)c1cnn(-c2ccco2)n1. The second-order valence-corrected chi connectivity index (χ2v) is 4.76. The van der Waals surface area contributed by atoms with Gasteiger partial charge in [-0.3, -0.25) is 0 Å². The lowest BCUT2D eigenvalue weighted by Gasteiger charge is -2.06. The monoisotopic (exact) mass is 247 g/mol. The van der Waals surface area contributed by atoms with Crippen LogP contribution in [-0.4, -0.2) is 15.0 Å². The smallest absolute Gasteiger partial charge is 0.238 e. The van der Waals surface area contributed by atoms with E-state index in [1.165, 1.54) is 32.1 Å². The van der Waals surface area contributed by atoms with E-state index in [2.05, 4.69) is 24.0 Å². The molecule has 0 spiro atoms. The molecule has 0 aliphatic heterocycles. The van der Waals surface area contributed by atoms with Crippen LogP contribution in [0.25, 0.3) is 5.88 Å². The summed E-state index contributed by atoms with van der Waals surface area (Å²) in [6.07, 6.45) is 9.83. The van der Waals surface area contributed by atoms with Gasteiger partial charge in [0.1, 0.15) is 0 Å². The van der Waals surface area contributed by atoms with Gasteiger partial charge in [0.25, 0.3) is 0 Å². The van der Waals surface area contributed by atoms with Gasteiger partial charge in [-0.05, 0) is 12.5 Å². The van der Waals surface area contributed by atoms with Crippen molar-refractivity contribution in [3.05, 3.63) is 30.3 Å². The van der Waals surface area contributed by atoms with E-state index in [1.807, 2.05) is 18.3 Å². The maximum Gasteiger partial charge on any atom is 0.238 e. The van der Waals surface area contributed by atoms with Crippen molar-refractivity contribution >= 4 is 0 Å². The largest absolute Gasteiger partial charge is 0.445 e. The van der Waals surface area contributed by atoms with E-state index in [-0.39, 0.29) is 0 Å². The third-order valence-corrected chi connectivity index (χ3v) is 3.21. The molecule has 0 radical (unpaired) electrons. The molecule has 0 aliphatic rings. The summed E-state index contributed by atoms with van der Waals surface area (Å²) >= 11 is 0. The molecule has 0 fully saturated rings. The van der Waals surface area contributed by atoms with Gasteiger partial charge in [0, 0.05) is 12.0 Å². The third-order valence-electron chi connectivity index (χ3n) is 3.21. The van der Waals surface area contributed by atoms with Crippen LogP contribution in [0.5, 0.6) is 0 Å². The van der Waals surface area contributed by atoms with Crippen LogP contribution in [0.1, 0.15) is 57.6 Å². The lowest BCUT2D eigenvalue weighted by molar-refractivity contribution is 0.494. The van der Waals surface area contributed by atoms with Crippen LogP contribution < -0.4 is 0 Å². The van der Waals surface area contributed by atoms with Crippen LogP contribution in [0.15, 0.2) is 29.0 Å². The average molecular weight is 247 g/mol. The van der Waals surface area contributed by atoms with E-state index in [9.17, 15) is 0 Å². The fourth-order valence-electron chi connectivity index (χ4n) is 2.02. The highest BCUT2D eigenvalue weighted by molar-refractivity contribution is 5.14. The molecule has 4 nitrogen and oxygen atoms in total. The Kier molecular flexibility index (Phi) is 4.56. The maximum absolute atomic E-state index is 5.26. The van der Waals surface area contributed by atoms with E-state index >= 15 is 0 Å². The van der Waals surface area contributed by atoms with E-state index in [4.69, 9.17) is 4.42 Å². The predicted octanol–water partition coefficient (Wildman–Crippen LogP) is 3.93. The molecule has 0 bridgehead atoms. The van der Waals surface area contributed by atoms with E-state index in [0.29, 0.717) is 11.8 Å². The lowest BCUT2D eigenvalue weighted by atomic mass is 10.0. The predicted molar refractivity (Wildman–Crippen MR) is 70.8 cm³/mol. The maximum atomic E-state index is 5.26. The summed E-state index contributed by atoms with van der Waals surface area (Å²) in [4.78, 5) is 1.55. The second-order valence-electron chi connectivity index (χ2n) is 4.76. The molecule has 0 aromatic carbocycles. The average Bonchev–Trinajstić information content (AvgIpc) is 3.03. The Labute approximate surface area is 108 Å². The van der Waals surface area contributed by atoms with Crippen LogP contribution in [0.4, 0.5) is 0 Å². The van der Waals surface area contributed by atoms with Crippen LogP contribution in [0, 0.1) is 0 Å². The molecule has 2 heterocycles. The van der Waals surface area contributed by atoms with Crippen molar-refractivity contribution in [1.82, 2.24) is 15.0 Å². The van der Waals surface area contributed by atoms with Crippen LogP contribution in [0.3, 0.4) is 0 Å². The number of rotatable bonds is 7. The first-order valence-electron chi connectivity index (χ1n) is 6.77. The molecule has 0 N–H and O–H groups in total. The van der Waals surface area contributed by atoms with E-state index < -0.39 is 0 Å². The summed E-state index contributed by atoms with van der Waals surface area (Å²) < 4.78 is 5.26. The molecule has 2 rings (SSSR count). The fraction of sp³-hybridized carbons (Fsp3) is 0.571. The van der Waals surface area contributed by atoms with Crippen LogP contribution in [0.2, 0.25) is 0 Å². The first-order valence-corrected chi connectivity index (χ1v) is 6.77. The Morgan fingerprint density at radius 2 is 2.22 bits per heavy atom. The number of furan rings is 1. The Morgan fingerprint density at radius 3 is 2.94 bits per heavy atom. The van der Waals surface area contributed by atoms with Gasteiger partial charge in [-0.15, -0.1) is 4.80 Å². The molecule has 1 unspecified atom stereocenters. The highest BCUT2D eigenvalue weighted by Gasteiger charge is 2.11. The molecule has 0 aliphatic carbocycles. The zero-order valence-electron chi connectivity index (χ0n) is 11.2. The third kappa shape index (κ3) is 3.22. The highest BCUT2D eigenvalue weighted by atomic mass is 16.3. The van der Waals surface area contributed by atoms with E-state index in [1.54, 1.807) is 11.1 Å². The molecule has 2 aromatic heterocycles. The molecule has 0 saturated carbocycles. The summed E-state index contributed by atoms with van der Waals surface area (Å²) in [5, 5.41) is 8.70. The number of hydrogen-bond acceptors (Lipinski definition) is 3. The minimum Gasteiger partial charge on any atom is -0.445 e. The van der Waals surface area contributed by atoms with Crippen molar-refractivity contribution in [2.75, 3.05) is 0 Å². The first kappa shape index (κ1) is 12.9. The summed E-state index contributed by atoms with van der Waals surface area (Å²) in [6.45, 7) is 4.45. The van der Waals surface area contributed by atoms with Gasteiger partial charge in [-0.25, -0.2) is 0 Å². The van der Waals surface area contributed by atoms with Crippen molar-refractivity contribution < 1.29 is 4.42 Å². The topological polar surface area (TPSA) is 43.9 Å². The van der Waals surface area contributed by atoms with Crippen molar-refractivity contribution in [3.63, 3.8) is 0 Å². The molecule has 1 atom stereocenters. The fourth-order valence-corrected chi connectivity index (χ4v) is 2.02. The standard InChI is InChI=1S/C14H21N3O/c1-3-4-5-6-8-12(2)13-11-15-17(16-13)14-9-7-10-18-14/h7,9-12H,3-6,8H2,1-2H3. The van der Waals surface area contributed by atoms with Gasteiger partial charge in [-0.1, -0.05) is 39.5 Å². The minimum atomic E-state index is 0.463. The Bertz CT molecular complexity index is 447. The van der Waals surface area contributed by atoms with Gasteiger partial charge in [0.2, 0.25) is 5.88 Å². The zero-order valence-corrected chi connectivity index (χ0v) is 11.2.